The molecule has 2 rings (SSSR count). The van der Waals surface area contributed by atoms with Crippen LogP contribution < -0.4 is 5.73 Å². The van der Waals surface area contributed by atoms with E-state index in [-0.39, 0.29) is 23.3 Å². The molecule has 0 saturated carbocycles. The quantitative estimate of drug-likeness (QED) is 0.915. The molecule has 1 atom stereocenters. The summed E-state index contributed by atoms with van der Waals surface area (Å²) in [6, 6.07) is 6.55. The van der Waals surface area contributed by atoms with E-state index >= 15 is 0 Å². The molecule has 0 aromatic heterocycles. The molecule has 1 aromatic rings. The van der Waals surface area contributed by atoms with Crippen molar-refractivity contribution in [2.75, 3.05) is 13.1 Å². The van der Waals surface area contributed by atoms with E-state index in [0.717, 1.165) is 19.3 Å². The van der Waals surface area contributed by atoms with E-state index in [9.17, 15) is 8.42 Å². The highest BCUT2D eigenvalue weighted by molar-refractivity contribution is 7.89. The van der Waals surface area contributed by atoms with Gasteiger partial charge in [-0.05, 0) is 43.5 Å². The molecule has 1 aromatic carbocycles. The lowest BCUT2D eigenvalue weighted by atomic mass is 10.1. The minimum atomic E-state index is -3.53. The Morgan fingerprint density at radius 2 is 2.14 bits per heavy atom. The van der Waals surface area contributed by atoms with Gasteiger partial charge in [-0.25, -0.2) is 8.42 Å². The fraction of sp³-hybridized carbons (Fsp3) is 0.500. The van der Waals surface area contributed by atoms with Gasteiger partial charge in [0.15, 0.2) is 0 Å². The predicted molar refractivity (Wildman–Crippen MR) is 83.7 cm³/mol. The van der Waals surface area contributed by atoms with Crippen LogP contribution in [0.3, 0.4) is 0 Å². The predicted octanol–water partition coefficient (Wildman–Crippen LogP) is 1.79. The van der Waals surface area contributed by atoms with Gasteiger partial charge >= 0.3 is 0 Å². The third-order valence-corrected chi connectivity index (χ3v) is 5.72. The molecule has 2 N–H and O–H groups in total. The second-order valence-corrected chi connectivity index (χ2v) is 6.98. The van der Waals surface area contributed by atoms with Crippen LogP contribution >= 0.6 is 12.4 Å². The van der Waals surface area contributed by atoms with Crippen LogP contribution in [0.15, 0.2) is 23.1 Å². The zero-order valence-corrected chi connectivity index (χ0v) is 13.6. The summed E-state index contributed by atoms with van der Waals surface area (Å²) in [7, 11) is -3.53. The zero-order chi connectivity index (χ0) is 14.8. The minimum Gasteiger partial charge on any atom is -0.329 e. The van der Waals surface area contributed by atoms with Gasteiger partial charge in [-0.2, -0.15) is 9.57 Å². The Kier molecular flexibility index (Phi) is 6.17. The number of nitriles is 1. The molecule has 21 heavy (non-hydrogen) atoms. The Morgan fingerprint density at radius 3 is 2.71 bits per heavy atom. The molecule has 0 spiro atoms. The second-order valence-electron chi connectivity index (χ2n) is 5.09. The monoisotopic (exact) mass is 329 g/mol. The Labute approximate surface area is 132 Å². The van der Waals surface area contributed by atoms with Gasteiger partial charge in [0.1, 0.15) is 0 Å². The van der Waals surface area contributed by atoms with Crippen molar-refractivity contribution < 1.29 is 8.42 Å². The van der Waals surface area contributed by atoms with Gasteiger partial charge in [-0.1, -0.05) is 6.42 Å². The molecule has 116 valence electrons. The molecule has 0 aliphatic carbocycles. The topological polar surface area (TPSA) is 87.2 Å². The second kappa shape index (κ2) is 7.23. The Hall–Kier alpha value is -1.13. The van der Waals surface area contributed by atoms with Crippen LogP contribution in [0.1, 0.15) is 30.4 Å². The maximum absolute atomic E-state index is 12.7. The third kappa shape index (κ3) is 3.55. The normalized spacial score (nSPS) is 19.6. The number of nitrogens with zero attached hydrogens (tertiary/aromatic N) is 2. The lowest BCUT2D eigenvalue weighted by molar-refractivity contribution is 0.257. The van der Waals surface area contributed by atoms with Crippen molar-refractivity contribution in [2.45, 2.75) is 37.1 Å². The molecule has 1 aliphatic heterocycles. The number of rotatable bonds is 3. The minimum absolute atomic E-state index is 0. The molecule has 7 heteroatoms. The Bertz CT molecular complexity index is 640. The van der Waals surface area contributed by atoms with Gasteiger partial charge in [-0.15, -0.1) is 12.4 Å². The van der Waals surface area contributed by atoms with Gasteiger partial charge in [0, 0.05) is 19.1 Å². The number of halogens is 1. The summed E-state index contributed by atoms with van der Waals surface area (Å²) in [6.07, 6.45) is 2.69. The van der Waals surface area contributed by atoms with Crippen LogP contribution in [0.4, 0.5) is 0 Å². The highest BCUT2D eigenvalue weighted by Crippen LogP contribution is 2.26. The lowest BCUT2D eigenvalue weighted by Gasteiger charge is -2.33. The van der Waals surface area contributed by atoms with Crippen molar-refractivity contribution >= 4 is 22.4 Å². The fourth-order valence-electron chi connectivity index (χ4n) is 2.58. The number of aryl methyl sites for hydroxylation is 1. The number of benzene rings is 1. The molecular weight excluding hydrogens is 310 g/mol. The highest BCUT2D eigenvalue weighted by Gasteiger charge is 2.32. The van der Waals surface area contributed by atoms with E-state index in [2.05, 4.69) is 0 Å². The van der Waals surface area contributed by atoms with Gasteiger partial charge in [0.25, 0.3) is 0 Å². The molecule has 1 aliphatic rings. The van der Waals surface area contributed by atoms with E-state index < -0.39 is 10.0 Å². The number of hydrogen-bond donors (Lipinski definition) is 1. The van der Waals surface area contributed by atoms with Crippen molar-refractivity contribution in [2.24, 2.45) is 5.73 Å². The van der Waals surface area contributed by atoms with Crippen molar-refractivity contribution in [3.05, 3.63) is 29.3 Å². The van der Waals surface area contributed by atoms with E-state index in [1.165, 1.54) is 10.4 Å². The molecule has 1 unspecified atom stereocenters. The van der Waals surface area contributed by atoms with Crippen molar-refractivity contribution in [3.63, 3.8) is 0 Å². The first-order valence-corrected chi connectivity index (χ1v) is 8.17. The van der Waals surface area contributed by atoms with Crippen LogP contribution in [-0.2, 0) is 10.0 Å². The fourth-order valence-corrected chi connectivity index (χ4v) is 4.37. The maximum Gasteiger partial charge on any atom is 0.243 e. The Morgan fingerprint density at radius 1 is 1.43 bits per heavy atom. The Balaban J connectivity index is 0.00000220. The lowest BCUT2D eigenvalue weighted by Crippen LogP contribution is -2.47. The van der Waals surface area contributed by atoms with Gasteiger partial charge in [-0.3, -0.25) is 0 Å². The summed E-state index contributed by atoms with van der Waals surface area (Å²) in [6.45, 7) is 2.60. The van der Waals surface area contributed by atoms with Crippen molar-refractivity contribution in [3.8, 4) is 6.07 Å². The molecule has 0 amide bonds. The molecule has 1 fully saturated rings. The summed E-state index contributed by atoms with van der Waals surface area (Å²) >= 11 is 0. The summed E-state index contributed by atoms with van der Waals surface area (Å²) in [5.74, 6) is 0. The molecule has 1 saturated heterocycles. The van der Waals surface area contributed by atoms with E-state index in [1.54, 1.807) is 19.1 Å². The van der Waals surface area contributed by atoms with Crippen molar-refractivity contribution in [1.29, 1.82) is 5.26 Å². The summed E-state index contributed by atoms with van der Waals surface area (Å²) in [4.78, 5) is 0.245. The molecule has 5 nitrogen and oxygen atoms in total. The van der Waals surface area contributed by atoms with Gasteiger partial charge in [0.05, 0.1) is 16.5 Å². The van der Waals surface area contributed by atoms with Crippen LogP contribution in [0, 0.1) is 18.3 Å². The first-order chi connectivity index (χ1) is 9.50. The zero-order valence-electron chi connectivity index (χ0n) is 11.9. The number of nitrogens with two attached hydrogens (primary N) is 1. The molecule has 0 bridgehead atoms. The summed E-state index contributed by atoms with van der Waals surface area (Å²) in [5.41, 5.74) is 6.87. The number of sulfonamides is 1. The smallest absolute Gasteiger partial charge is 0.243 e. The maximum atomic E-state index is 12.7. The van der Waals surface area contributed by atoms with Crippen molar-refractivity contribution in [1.82, 2.24) is 4.31 Å². The first kappa shape index (κ1) is 17.9. The molecular formula is C14H20ClN3O2S. The van der Waals surface area contributed by atoms with Crippen LogP contribution in [-0.4, -0.2) is 31.9 Å². The third-order valence-electron chi connectivity index (χ3n) is 3.77. The molecule has 1 heterocycles. The van der Waals surface area contributed by atoms with E-state index in [0.29, 0.717) is 24.2 Å². The van der Waals surface area contributed by atoms with E-state index in [1.807, 2.05) is 6.07 Å². The SMILES string of the molecule is Cc1cc(S(=O)(=O)N2CCCCC2CN)ccc1C#N.Cl. The highest BCUT2D eigenvalue weighted by atomic mass is 35.5. The standard InChI is InChI=1S/C14H19N3O2S.ClH/c1-11-8-14(6-5-12(11)9-15)20(18,19)17-7-3-2-4-13(17)10-16;/h5-6,8,13H,2-4,7,10,16H2,1H3;1H. The summed E-state index contributed by atoms with van der Waals surface area (Å²) in [5, 5.41) is 8.91. The van der Waals surface area contributed by atoms with Crippen LogP contribution in [0.5, 0.6) is 0 Å². The number of hydrogen-bond acceptors (Lipinski definition) is 4. The largest absolute Gasteiger partial charge is 0.329 e. The average molecular weight is 330 g/mol. The molecule has 0 radical (unpaired) electrons. The van der Waals surface area contributed by atoms with E-state index in [4.69, 9.17) is 11.0 Å². The summed E-state index contributed by atoms with van der Waals surface area (Å²) < 4.78 is 26.9. The average Bonchev–Trinajstić information content (AvgIpc) is 2.47. The number of piperidine rings is 1. The first-order valence-electron chi connectivity index (χ1n) is 6.73. The van der Waals surface area contributed by atoms with Crippen LogP contribution in [0.25, 0.3) is 0 Å². The van der Waals surface area contributed by atoms with Crippen LogP contribution in [0.2, 0.25) is 0 Å². The van der Waals surface area contributed by atoms with Gasteiger partial charge in [0.2, 0.25) is 10.0 Å². The van der Waals surface area contributed by atoms with Gasteiger partial charge < -0.3 is 5.73 Å².